The molecule has 0 fully saturated rings. The van der Waals surface area contributed by atoms with E-state index in [4.69, 9.17) is 16.3 Å². The number of rotatable bonds is 8. The minimum atomic E-state index is -0.550. The molecule has 4 nitrogen and oxygen atoms in total. The summed E-state index contributed by atoms with van der Waals surface area (Å²) < 4.78 is 5.95. The second-order valence-electron chi connectivity index (χ2n) is 6.58. The summed E-state index contributed by atoms with van der Waals surface area (Å²) in [6, 6.07) is 23.0. The van der Waals surface area contributed by atoms with Crippen molar-refractivity contribution >= 4 is 29.0 Å². The minimum absolute atomic E-state index is 0.0384. The summed E-state index contributed by atoms with van der Waals surface area (Å²) >= 11 is 6.06. The third-order valence-electron chi connectivity index (χ3n) is 4.41. The number of amides is 1. The van der Waals surface area contributed by atoms with E-state index >= 15 is 0 Å². The van der Waals surface area contributed by atoms with Gasteiger partial charge in [-0.25, -0.2) is 0 Å². The van der Waals surface area contributed by atoms with E-state index in [-0.39, 0.29) is 11.7 Å². The van der Waals surface area contributed by atoms with Crippen molar-refractivity contribution in [2.45, 2.75) is 25.9 Å². The fourth-order valence-electron chi connectivity index (χ4n) is 2.92. The molecule has 1 atom stereocenters. The Kier molecular flexibility index (Phi) is 7.04. The summed E-state index contributed by atoms with van der Waals surface area (Å²) in [6.07, 6.45) is 0.902. The average Bonchev–Trinajstić information content (AvgIpc) is 2.75. The second kappa shape index (κ2) is 9.89. The van der Waals surface area contributed by atoms with Gasteiger partial charge < -0.3 is 10.1 Å². The van der Waals surface area contributed by atoms with Crippen molar-refractivity contribution in [3.63, 3.8) is 0 Å². The molecule has 29 heavy (non-hydrogen) atoms. The maximum atomic E-state index is 12.7. The van der Waals surface area contributed by atoms with Crippen LogP contribution in [0.25, 0.3) is 0 Å². The van der Waals surface area contributed by atoms with Crippen molar-refractivity contribution in [2.24, 2.45) is 0 Å². The largest absolute Gasteiger partial charge is 0.482 e. The fraction of sp³-hybridized carbons (Fsp3) is 0.167. The first-order valence-electron chi connectivity index (χ1n) is 9.50. The Hall–Kier alpha value is -3.11. The second-order valence-corrected chi connectivity index (χ2v) is 6.99. The van der Waals surface area contributed by atoms with E-state index in [1.807, 2.05) is 25.1 Å². The van der Waals surface area contributed by atoms with Crippen molar-refractivity contribution in [1.29, 1.82) is 0 Å². The Labute approximate surface area is 175 Å². The van der Waals surface area contributed by atoms with E-state index in [1.165, 1.54) is 0 Å². The number of ether oxygens (including phenoxy) is 1. The monoisotopic (exact) mass is 407 g/mol. The molecular formula is C24H22ClNO3. The summed E-state index contributed by atoms with van der Waals surface area (Å²) in [5, 5.41) is 3.20. The number of carbonyl (C=O) groups excluding carboxylic acids is 2. The van der Waals surface area contributed by atoms with Gasteiger partial charge in [-0.2, -0.15) is 0 Å². The molecule has 3 rings (SSSR count). The predicted molar refractivity (Wildman–Crippen MR) is 116 cm³/mol. The van der Waals surface area contributed by atoms with Crippen LogP contribution in [0, 0.1) is 0 Å². The number of carbonyl (C=O) groups is 2. The lowest BCUT2D eigenvalue weighted by molar-refractivity contribution is 0.0777. The Balaban J connectivity index is 1.68. The van der Waals surface area contributed by atoms with Crippen LogP contribution in [-0.2, 0) is 0 Å². The van der Waals surface area contributed by atoms with Crippen LogP contribution in [0.3, 0.4) is 0 Å². The van der Waals surface area contributed by atoms with Gasteiger partial charge in [0.25, 0.3) is 5.91 Å². The smallest absolute Gasteiger partial charge is 0.257 e. The number of ketones is 1. The minimum Gasteiger partial charge on any atom is -0.482 e. The zero-order valence-corrected chi connectivity index (χ0v) is 16.9. The third kappa shape index (κ3) is 5.46. The Bertz CT molecular complexity index is 971. The van der Waals surface area contributed by atoms with E-state index in [2.05, 4.69) is 5.32 Å². The van der Waals surface area contributed by atoms with Gasteiger partial charge in [0.1, 0.15) is 5.75 Å². The van der Waals surface area contributed by atoms with Gasteiger partial charge in [0.05, 0.1) is 10.6 Å². The van der Waals surface area contributed by atoms with Gasteiger partial charge in [-0.3, -0.25) is 9.59 Å². The van der Waals surface area contributed by atoms with Crippen LogP contribution in [0.15, 0.2) is 78.9 Å². The van der Waals surface area contributed by atoms with E-state index in [1.54, 1.807) is 60.7 Å². The average molecular weight is 408 g/mol. The van der Waals surface area contributed by atoms with E-state index in [0.29, 0.717) is 34.0 Å². The number of nitrogens with one attached hydrogen (secondary N) is 1. The SMILES string of the molecule is CCCC(Oc1ccc(NC(=O)c2ccccc2Cl)cc1)C(=O)c1ccccc1. The number of anilines is 1. The summed E-state index contributed by atoms with van der Waals surface area (Å²) in [4.78, 5) is 25.1. The molecule has 0 spiro atoms. The number of Topliss-reactive ketones (excluding diaryl/α,β-unsaturated/α-hetero) is 1. The molecule has 0 bridgehead atoms. The number of hydrogen-bond donors (Lipinski definition) is 1. The van der Waals surface area contributed by atoms with Gasteiger partial charge >= 0.3 is 0 Å². The zero-order chi connectivity index (χ0) is 20.6. The van der Waals surface area contributed by atoms with Crippen LogP contribution in [0.5, 0.6) is 5.75 Å². The fourth-order valence-corrected chi connectivity index (χ4v) is 3.14. The first-order chi connectivity index (χ1) is 14.1. The van der Waals surface area contributed by atoms with Crippen molar-refractivity contribution < 1.29 is 14.3 Å². The van der Waals surface area contributed by atoms with E-state index in [9.17, 15) is 9.59 Å². The van der Waals surface area contributed by atoms with Crippen molar-refractivity contribution in [3.8, 4) is 5.75 Å². The highest BCUT2D eigenvalue weighted by atomic mass is 35.5. The lowest BCUT2D eigenvalue weighted by Crippen LogP contribution is -2.27. The molecule has 148 valence electrons. The van der Waals surface area contributed by atoms with Gasteiger partial charge in [0.15, 0.2) is 6.10 Å². The van der Waals surface area contributed by atoms with Crippen LogP contribution < -0.4 is 10.1 Å². The molecule has 0 aliphatic rings. The summed E-state index contributed by atoms with van der Waals surface area (Å²) in [7, 11) is 0. The van der Waals surface area contributed by atoms with Crippen LogP contribution in [-0.4, -0.2) is 17.8 Å². The van der Waals surface area contributed by atoms with Gasteiger partial charge in [-0.1, -0.05) is 67.4 Å². The molecule has 5 heteroatoms. The molecule has 1 amide bonds. The molecule has 0 aliphatic heterocycles. The molecule has 0 saturated heterocycles. The highest BCUT2D eigenvalue weighted by Crippen LogP contribution is 2.22. The van der Waals surface area contributed by atoms with Gasteiger partial charge in [0, 0.05) is 11.3 Å². The lowest BCUT2D eigenvalue weighted by Gasteiger charge is -2.18. The van der Waals surface area contributed by atoms with Gasteiger partial charge in [-0.05, 0) is 42.8 Å². The molecule has 0 saturated carbocycles. The summed E-state index contributed by atoms with van der Waals surface area (Å²) in [6.45, 7) is 2.02. The molecule has 0 aromatic heterocycles. The third-order valence-corrected chi connectivity index (χ3v) is 4.74. The molecule has 0 aliphatic carbocycles. The molecule has 3 aromatic rings. The van der Waals surface area contributed by atoms with Gasteiger partial charge in [0.2, 0.25) is 5.78 Å². The highest BCUT2D eigenvalue weighted by molar-refractivity contribution is 6.34. The maximum absolute atomic E-state index is 12.7. The molecule has 1 unspecified atom stereocenters. The quantitative estimate of drug-likeness (QED) is 0.464. The maximum Gasteiger partial charge on any atom is 0.257 e. The molecule has 0 radical (unpaired) electrons. The first-order valence-corrected chi connectivity index (χ1v) is 9.88. The van der Waals surface area contributed by atoms with E-state index < -0.39 is 6.10 Å². The molecule has 3 aromatic carbocycles. The molecule has 1 N–H and O–H groups in total. The number of halogens is 1. The summed E-state index contributed by atoms with van der Waals surface area (Å²) in [5.41, 5.74) is 1.66. The van der Waals surface area contributed by atoms with Crippen LogP contribution >= 0.6 is 11.6 Å². The first kappa shape index (κ1) is 20.6. The van der Waals surface area contributed by atoms with Crippen molar-refractivity contribution in [3.05, 3.63) is 95.0 Å². The molecule has 0 heterocycles. The van der Waals surface area contributed by atoms with Crippen molar-refractivity contribution in [1.82, 2.24) is 0 Å². The Morgan fingerprint density at radius 2 is 1.59 bits per heavy atom. The van der Waals surface area contributed by atoms with Crippen molar-refractivity contribution in [2.75, 3.05) is 5.32 Å². The highest BCUT2D eigenvalue weighted by Gasteiger charge is 2.21. The summed E-state index contributed by atoms with van der Waals surface area (Å²) in [5.74, 6) is 0.249. The normalized spacial score (nSPS) is 11.5. The standard InChI is InChI=1S/C24H22ClNO3/c1-2-8-22(23(27)17-9-4-3-5-10-17)29-19-15-13-18(14-16-19)26-24(28)20-11-6-7-12-21(20)25/h3-7,9-16,22H,2,8H2,1H3,(H,26,28). The van der Waals surface area contributed by atoms with Gasteiger partial charge in [-0.15, -0.1) is 0 Å². The number of hydrogen-bond acceptors (Lipinski definition) is 3. The zero-order valence-electron chi connectivity index (χ0n) is 16.1. The lowest BCUT2D eigenvalue weighted by atomic mass is 10.0. The predicted octanol–water partition coefficient (Wildman–Crippen LogP) is 6.02. The molecular weight excluding hydrogens is 386 g/mol. The Morgan fingerprint density at radius 1 is 0.931 bits per heavy atom. The van der Waals surface area contributed by atoms with Crippen LogP contribution in [0.4, 0.5) is 5.69 Å². The van der Waals surface area contributed by atoms with Crippen LogP contribution in [0.2, 0.25) is 5.02 Å². The van der Waals surface area contributed by atoms with E-state index in [0.717, 1.165) is 6.42 Å². The topological polar surface area (TPSA) is 55.4 Å². The Morgan fingerprint density at radius 3 is 2.24 bits per heavy atom. The number of benzene rings is 3. The van der Waals surface area contributed by atoms with Crippen LogP contribution in [0.1, 0.15) is 40.5 Å².